The first-order chi connectivity index (χ1) is 9.99. The standard InChI is InChI=1S/C13H17ClN4O3/c14-8-6-11(18(20)21)13(16-7-8)17-10-5-3-1-2-4-9(10)12(15)19/h6-7,9-10H,1-5H2,(H2,15,19)(H,16,17)/t9-,10-/m0/s1. The van der Waals surface area contributed by atoms with E-state index in [-0.39, 0.29) is 34.4 Å². The Labute approximate surface area is 127 Å². The molecule has 1 amide bonds. The van der Waals surface area contributed by atoms with Gasteiger partial charge < -0.3 is 11.1 Å². The number of nitrogens with two attached hydrogens (primary N) is 1. The zero-order valence-electron chi connectivity index (χ0n) is 11.4. The van der Waals surface area contributed by atoms with Crippen molar-refractivity contribution >= 4 is 29.0 Å². The summed E-state index contributed by atoms with van der Waals surface area (Å²) in [5.41, 5.74) is 5.25. The van der Waals surface area contributed by atoms with E-state index in [1.54, 1.807) is 0 Å². The zero-order valence-corrected chi connectivity index (χ0v) is 12.2. The Balaban J connectivity index is 2.26. The third-order valence-electron chi connectivity index (χ3n) is 3.73. The number of rotatable bonds is 4. The topological polar surface area (TPSA) is 111 Å². The van der Waals surface area contributed by atoms with Gasteiger partial charge in [0, 0.05) is 18.3 Å². The van der Waals surface area contributed by atoms with Gasteiger partial charge in [0.15, 0.2) is 0 Å². The minimum atomic E-state index is -0.544. The van der Waals surface area contributed by atoms with Crippen molar-refractivity contribution in [1.82, 2.24) is 4.98 Å². The lowest BCUT2D eigenvalue weighted by Gasteiger charge is -2.23. The number of hydrogen-bond donors (Lipinski definition) is 2. The number of nitrogens with zero attached hydrogens (tertiary/aromatic N) is 2. The van der Waals surface area contributed by atoms with E-state index < -0.39 is 4.92 Å². The molecule has 8 heteroatoms. The second-order valence-corrected chi connectivity index (χ2v) is 5.61. The summed E-state index contributed by atoms with van der Waals surface area (Å²) >= 11 is 5.74. The van der Waals surface area contributed by atoms with Crippen molar-refractivity contribution in [3.63, 3.8) is 0 Å². The second-order valence-electron chi connectivity index (χ2n) is 5.18. The number of nitrogens with one attached hydrogen (secondary N) is 1. The fraction of sp³-hybridized carbons (Fsp3) is 0.538. The number of pyridine rings is 1. The Kier molecular flexibility index (Phi) is 4.95. The molecule has 1 aliphatic carbocycles. The maximum Gasteiger partial charge on any atom is 0.312 e. The van der Waals surface area contributed by atoms with Crippen LogP contribution < -0.4 is 11.1 Å². The average molecular weight is 313 g/mol. The van der Waals surface area contributed by atoms with Gasteiger partial charge in [0.2, 0.25) is 11.7 Å². The molecule has 1 saturated carbocycles. The number of carbonyl (C=O) groups is 1. The van der Waals surface area contributed by atoms with Crippen LogP contribution >= 0.6 is 11.6 Å². The highest BCUT2D eigenvalue weighted by Crippen LogP contribution is 2.30. The Morgan fingerprint density at radius 1 is 1.43 bits per heavy atom. The lowest BCUT2D eigenvalue weighted by atomic mass is 9.94. The fourth-order valence-corrected chi connectivity index (χ4v) is 2.83. The number of carbonyl (C=O) groups excluding carboxylic acids is 1. The van der Waals surface area contributed by atoms with Gasteiger partial charge in [0.05, 0.1) is 15.9 Å². The molecule has 0 radical (unpaired) electrons. The molecule has 2 rings (SSSR count). The summed E-state index contributed by atoms with van der Waals surface area (Å²) in [6.07, 6.45) is 5.67. The predicted octanol–water partition coefficient (Wildman–Crippen LogP) is 2.49. The summed E-state index contributed by atoms with van der Waals surface area (Å²) in [6.45, 7) is 0. The van der Waals surface area contributed by atoms with Crippen molar-refractivity contribution in [2.24, 2.45) is 11.7 Å². The molecule has 1 aromatic heterocycles. The van der Waals surface area contributed by atoms with Crippen LogP contribution in [0.25, 0.3) is 0 Å². The highest BCUT2D eigenvalue weighted by Gasteiger charge is 2.30. The molecular weight excluding hydrogens is 296 g/mol. The van der Waals surface area contributed by atoms with Gasteiger partial charge in [0.25, 0.3) is 0 Å². The molecule has 114 valence electrons. The van der Waals surface area contributed by atoms with Gasteiger partial charge in [-0.3, -0.25) is 14.9 Å². The summed E-state index contributed by atoms with van der Waals surface area (Å²) in [6, 6.07) is 1.00. The summed E-state index contributed by atoms with van der Waals surface area (Å²) < 4.78 is 0. The van der Waals surface area contributed by atoms with Crippen molar-refractivity contribution in [2.75, 3.05) is 5.32 Å². The first-order valence-corrected chi connectivity index (χ1v) is 7.22. The molecule has 1 aromatic rings. The van der Waals surface area contributed by atoms with Crippen LogP contribution in [0.2, 0.25) is 5.02 Å². The van der Waals surface area contributed by atoms with Crippen LogP contribution in [-0.4, -0.2) is 21.9 Å². The van der Waals surface area contributed by atoms with Crippen molar-refractivity contribution in [3.8, 4) is 0 Å². The van der Waals surface area contributed by atoms with Crippen LogP contribution in [-0.2, 0) is 4.79 Å². The SMILES string of the molecule is NC(=O)[C@H]1CCCCC[C@@H]1Nc1ncc(Cl)cc1[N+](=O)[O-]. The van der Waals surface area contributed by atoms with Gasteiger partial charge in [0.1, 0.15) is 0 Å². The van der Waals surface area contributed by atoms with Gasteiger partial charge in [-0.05, 0) is 12.8 Å². The minimum Gasteiger partial charge on any atom is -0.369 e. The molecular formula is C13H17ClN4O3. The van der Waals surface area contributed by atoms with Gasteiger partial charge in [-0.2, -0.15) is 0 Å². The van der Waals surface area contributed by atoms with E-state index in [1.165, 1.54) is 12.3 Å². The Bertz CT molecular complexity index is 552. The maximum atomic E-state index is 11.6. The van der Waals surface area contributed by atoms with E-state index in [1.807, 2.05) is 0 Å². The molecule has 0 aliphatic heterocycles. The molecule has 1 fully saturated rings. The molecule has 2 atom stereocenters. The third-order valence-corrected chi connectivity index (χ3v) is 3.94. The van der Waals surface area contributed by atoms with E-state index in [2.05, 4.69) is 10.3 Å². The molecule has 0 spiro atoms. The lowest BCUT2D eigenvalue weighted by molar-refractivity contribution is -0.384. The number of hydrogen-bond acceptors (Lipinski definition) is 5. The first-order valence-electron chi connectivity index (χ1n) is 6.85. The highest BCUT2D eigenvalue weighted by molar-refractivity contribution is 6.30. The van der Waals surface area contributed by atoms with Crippen LogP contribution in [0.4, 0.5) is 11.5 Å². The normalized spacial score (nSPS) is 22.3. The van der Waals surface area contributed by atoms with Crippen LogP contribution in [0.1, 0.15) is 32.1 Å². The second kappa shape index (κ2) is 6.71. The summed E-state index contributed by atoms with van der Waals surface area (Å²) in [5, 5.41) is 14.3. The Morgan fingerprint density at radius 3 is 2.81 bits per heavy atom. The molecule has 3 N–H and O–H groups in total. The molecule has 0 bridgehead atoms. The quantitative estimate of drug-likeness (QED) is 0.504. The van der Waals surface area contributed by atoms with Crippen molar-refractivity contribution in [1.29, 1.82) is 0 Å². The average Bonchev–Trinajstić information content (AvgIpc) is 2.66. The van der Waals surface area contributed by atoms with Crippen LogP contribution in [0, 0.1) is 16.0 Å². The van der Waals surface area contributed by atoms with E-state index in [4.69, 9.17) is 17.3 Å². The monoisotopic (exact) mass is 312 g/mol. The largest absolute Gasteiger partial charge is 0.369 e. The molecule has 0 aromatic carbocycles. The summed E-state index contributed by atoms with van der Waals surface area (Å²) in [4.78, 5) is 26.1. The first kappa shape index (κ1) is 15.5. The highest BCUT2D eigenvalue weighted by atomic mass is 35.5. The van der Waals surface area contributed by atoms with Crippen LogP contribution in [0.15, 0.2) is 12.3 Å². The molecule has 0 saturated heterocycles. The van der Waals surface area contributed by atoms with Crippen molar-refractivity contribution in [3.05, 3.63) is 27.4 Å². The third kappa shape index (κ3) is 3.81. The van der Waals surface area contributed by atoms with Crippen molar-refractivity contribution in [2.45, 2.75) is 38.1 Å². The Hall–Kier alpha value is -1.89. The predicted molar refractivity (Wildman–Crippen MR) is 79.1 cm³/mol. The lowest BCUT2D eigenvalue weighted by Crippen LogP contribution is -2.38. The zero-order chi connectivity index (χ0) is 15.4. The summed E-state index contributed by atoms with van der Waals surface area (Å²) in [7, 11) is 0. The number of aromatic nitrogens is 1. The maximum absolute atomic E-state index is 11.6. The van der Waals surface area contributed by atoms with Crippen molar-refractivity contribution < 1.29 is 9.72 Å². The smallest absolute Gasteiger partial charge is 0.312 e. The number of primary amides is 1. The number of halogens is 1. The molecule has 1 heterocycles. The minimum absolute atomic E-state index is 0.127. The number of anilines is 1. The number of nitro groups is 1. The van der Waals surface area contributed by atoms with Crippen LogP contribution in [0.3, 0.4) is 0 Å². The van der Waals surface area contributed by atoms with Crippen LogP contribution in [0.5, 0.6) is 0 Å². The molecule has 7 nitrogen and oxygen atoms in total. The summed E-state index contributed by atoms with van der Waals surface area (Å²) in [5.74, 6) is -0.599. The molecule has 0 unspecified atom stereocenters. The van der Waals surface area contributed by atoms with E-state index in [0.717, 1.165) is 25.7 Å². The van der Waals surface area contributed by atoms with Gasteiger partial charge in [-0.1, -0.05) is 30.9 Å². The van der Waals surface area contributed by atoms with Gasteiger partial charge in [-0.25, -0.2) is 4.98 Å². The molecule has 21 heavy (non-hydrogen) atoms. The molecule has 1 aliphatic rings. The number of amides is 1. The van der Waals surface area contributed by atoms with Gasteiger partial charge >= 0.3 is 5.69 Å². The Morgan fingerprint density at radius 2 is 2.14 bits per heavy atom. The van der Waals surface area contributed by atoms with E-state index in [0.29, 0.717) is 6.42 Å². The fourth-order valence-electron chi connectivity index (χ4n) is 2.68. The van der Waals surface area contributed by atoms with Gasteiger partial charge in [-0.15, -0.1) is 0 Å². The van der Waals surface area contributed by atoms with E-state index >= 15 is 0 Å². The van der Waals surface area contributed by atoms with E-state index in [9.17, 15) is 14.9 Å².